The summed E-state index contributed by atoms with van der Waals surface area (Å²) in [6.07, 6.45) is 4.45. The van der Waals surface area contributed by atoms with Crippen LogP contribution in [-0.4, -0.2) is 34.6 Å². The molecule has 0 radical (unpaired) electrons. The van der Waals surface area contributed by atoms with E-state index in [0.29, 0.717) is 16.8 Å². The van der Waals surface area contributed by atoms with Gasteiger partial charge >= 0.3 is 12.0 Å². The van der Waals surface area contributed by atoms with Crippen molar-refractivity contribution in [2.45, 2.75) is 37.8 Å². The average Bonchev–Trinajstić information content (AvgIpc) is 3.32. The molecule has 0 bridgehead atoms. The Balaban J connectivity index is 1.66. The Kier molecular flexibility index (Phi) is 3.65. The van der Waals surface area contributed by atoms with Gasteiger partial charge in [-0.25, -0.2) is 9.59 Å². The highest BCUT2D eigenvalue weighted by molar-refractivity contribution is 7.10. The summed E-state index contributed by atoms with van der Waals surface area (Å²) in [6.45, 7) is 0.771. The number of aliphatic carboxylic acids is 1. The number of nitrogens with one attached hydrogen (secondary N) is 1. The number of carboxylic acids is 1. The van der Waals surface area contributed by atoms with Crippen LogP contribution < -0.4 is 5.32 Å². The van der Waals surface area contributed by atoms with E-state index in [2.05, 4.69) is 5.32 Å². The zero-order valence-electron chi connectivity index (χ0n) is 11.1. The molecule has 6 heteroatoms. The van der Waals surface area contributed by atoms with Crippen molar-refractivity contribution in [2.24, 2.45) is 5.92 Å². The number of thiophene rings is 1. The minimum absolute atomic E-state index is 0.236. The molecule has 2 saturated carbocycles. The lowest BCUT2D eigenvalue weighted by Gasteiger charge is -2.24. The predicted molar refractivity (Wildman–Crippen MR) is 75.7 cm³/mol. The van der Waals surface area contributed by atoms with Gasteiger partial charge in [-0.3, -0.25) is 0 Å². The van der Waals surface area contributed by atoms with E-state index in [4.69, 9.17) is 0 Å². The summed E-state index contributed by atoms with van der Waals surface area (Å²) in [4.78, 5) is 26.2. The van der Waals surface area contributed by atoms with E-state index in [9.17, 15) is 14.7 Å². The molecule has 0 spiro atoms. The molecule has 2 aliphatic rings. The molecule has 0 aliphatic heterocycles. The fourth-order valence-corrected chi connectivity index (χ4v) is 3.05. The van der Waals surface area contributed by atoms with Gasteiger partial charge in [0.15, 0.2) is 6.04 Å². The third kappa shape index (κ3) is 3.12. The van der Waals surface area contributed by atoms with Crippen molar-refractivity contribution in [1.29, 1.82) is 0 Å². The summed E-state index contributed by atoms with van der Waals surface area (Å²) in [6, 6.07) is 2.67. The van der Waals surface area contributed by atoms with Crippen molar-refractivity contribution < 1.29 is 14.7 Å². The SMILES string of the molecule is O=C(O)C(NC(=O)N(CC1CC1)C1CC1)c1cccs1. The fraction of sp³-hybridized carbons (Fsp3) is 0.571. The number of nitrogens with zero attached hydrogens (tertiary/aromatic N) is 1. The maximum absolute atomic E-state index is 12.4. The summed E-state index contributed by atoms with van der Waals surface area (Å²) in [5.41, 5.74) is 0. The first-order valence-corrected chi connectivity index (χ1v) is 7.86. The van der Waals surface area contributed by atoms with Crippen molar-refractivity contribution in [1.82, 2.24) is 10.2 Å². The summed E-state index contributed by atoms with van der Waals surface area (Å²) in [5.74, 6) is -0.394. The van der Waals surface area contributed by atoms with Crippen LogP contribution in [0.15, 0.2) is 17.5 Å². The Labute approximate surface area is 121 Å². The summed E-state index contributed by atoms with van der Waals surface area (Å²) in [5, 5.41) is 13.8. The monoisotopic (exact) mass is 294 g/mol. The number of carbonyl (C=O) groups is 2. The Morgan fingerprint density at radius 3 is 2.65 bits per heavy atom. The lowest BCUT2D eigenvalue weighted by atomic mass is 10.2. The number of amides is 2. The van der Waals surface area contributed by atoms with Crippen LogP contribution in [-0.2, 0) is 4.79 Å². The van der Waals surface area contributed by atoms with E-state index in [1.165, 1.54) is 24.2 Å². The predicted octanol–water partition coefficient (Wildman–Crippen LogP) is 2.46. The molecule has 2 fully saturated rings. The lowest BCUT2D eigenvalue weighted by Crippen LogP contribution is -2.45. The minimum atomic E-state index is -1.01. The third-order valence-electron chi connectivity index (χ3n) is 3.74. The molecular weight excluding hydrogens is 276 g/mol. The smallest absolute Gasteiger partial charge is 0.331 e. The van der Waals surface area contributed by atoms with Crippen LogP contribution in [0.3, 0.4) is 0 Å². The van der Waals surface area contributed by atoms with E-state index >= 15 is 0 Å². The molecule has 2 aliphatic carbocycles. The van der Waals surface area contributed by atoms with Crippen LogP contribution in [0.25, 0.3) is 0 Å². The molecule has 1 atom stereocenters. The first kappa shape index (κ1) is 13.4. The molecule has 0 saturated heterocycles. The van der Waals surface area contributed by atoms with Gasteiger partial charge in [-0.15, -0.1) is 11.3 Å². The van der Waals surface area contributed by atoms with E-state index in [0.717, 1.165) is 19.4 Å². The van der Waals surface area contributed by atoms with Gasteiger partial charge in [-0.1, -0.05) is 6.07 Å². The largest absolute Gasteiger partial charge is 0.479 e. The number of rotatable bonds is 6. The van der Waals surface area contributed by atoms with Crippen molar-refractivity contribution >= 4 is 23.3 Å². The second kappa shape index (κ2) is 5.44. The second-order valence-electron chi connectivity index (χ2n) is 5.56. The van der Waals surface area contributed by atoms with Crippen LogP contribution in [0, 0.1) is 5.92 Å². The molecule has 2 amide bonds. The summed E-state index contributed by atoms with van der Waals surface area (Å²) < 4.78 is 0. The third-order valence-corrected chi connectivity index (χ3v) is 4.68. The van der Waals surface area contributed by atoms with Crippen LogP contribution in [0.5, 0.6) is 0 Å². The van der Waals surface area contributed by atoms with Gasteiger partial charge in [0.2, 0.25) is 0 Å². The van der Waals surface area contributed by atoms with Crippen LogP contribution >= 0.6 is 11.3 Å². The average molecular weight is 294 g/mol. The van der Waals surface area contributed by atoms with Crippen molar-refractivity contribution in [3.63, 3.8) is 0 Å². The molecule has 1 unspecified atom stereocenters. The van der Waals surface area contributed by atoms with E-state index in [1.807, 2.05) is 10.3 Å². The Morgan fingerprint density at radius 1 is 1.40 bits per heavy atom. The molecule has 20 heavy (non-hydrogen) atoms. The topological polar surface area (TPSA) is 69.6 Å². The number of hydrogen-bond acceptors (Lipinski definition) is 3. The first-order valence-electron chi connectivity index (χ1n) is 6.98. The molecule has 108 valence electrons. The van der Waals surface area contributed by atoms with E-state index < -0.39 is 12.0 Å². The van der Waals surface area contributed by atoms with Crippen molar-refractivity contribution in [3.8, 4) is 0 Å². The van der Waals surface area contributed by atoms with Crippen molar-refractivity contribution in [3.05, 3.63) is 22.4 Å². The maximum atomic E-state index is 12.4. The standard InChI is InChI=1S/C14H18N2O3S/c17-13(18)12(11-2-1-7-20-11)15-14(19)16(10-5-6-10)8-9-3-4-9/h1-2,7,9-10,12H,3-6,8H2,(H,15,19)(H,17,18). The van der Waals surface area contributed by atoms with E-state index in [1.54, 1.807) is 12.1 Å². The highest BCUT2D eigenvalue weighted by Crippen LogP contribution is 2.35. The molecule has 0 aromatic carbocycles. The highest BCUT2D eigenvalue weighted by atomic mass is 32.1. The maximum Gasteiger partial charge on any atom is 0.331 e. The zero-order chi connectivity index (χ0) is 14.1. The van der Waals surface area contributed by atoms with Gasteiger partial charge in [-0.05, 0) is 43.0 Å². The highest BCUT2D eigenvalue weighted by Gasteiger charge is 2.38. The normalized spacial score (nSPS) is 19.4. The molecule has 1 aromatic rings. The van der Waals surface area contributed by atoms with Gasteiger partial charge in [0.1, 0.15) is 0 Å². The van der Waals surface area contributed by atoms with Gasteiger partial charge in [0.05, 0.1) is 0 Å². The summed E-state index contributed by atoms with van der Waals surface area (Å²) in [7, 11) is 0. The Morgan fingerprint density at radius 2 is 2.15 bits per heavy atom. The molecule has 3 rings (SSSR count). The lowest BCUT2D eigenvalue weighted by molar-refractivity contribution is -0.139. The minimum Gasteiger partial charge on any atom is -0.479 e. The fourth-order valence-electron chi connectivity index (χ4n) is 2.28. The Bertz CT molecular complexity index is 495. The van der Waals surface area contributed by atoms with Crippen LogP contribution in [0.4, 0.5) is 4.79 Å². The Hall–Kier alpha value is -1.56. The molecular formula is C14H18N2O3S. The molecule has 5 nitrogen and oxygen atoms in total. The van der Waals surface area contributed by atoms with E-state index in [-0.39, 0.29) is 6.03 Å². The molecule has 1 aromatic heterocycles. The molecule has 2 N–H and O–H groups in total. The number of hydrogen-bond donors (Lipinski definition) is 2. The van der Waals surface area contributed by atoms with Gasteiger partial charge < -0.3 is 15.3 Å². The summed E-state index contributed by atoms with van der Waals surface area (Å²) >= 11 is 1.35. The second-order valence-corrected chi connectivity index (χ2v) is 6.54. The van der Waals surface area contributed by atoms with Gasteiger partial charge in [0, 0.05) is 17.5 Å². The first-order chi connectivity index (χ1) is 9.65. The number of carbonyl (C=O) groups excluding carboxylic acids is 1. The van der Waals surface area contributed by atoms with Crippen molar-refractivity contribution in [2.75, 3.05) is 6.54 Å². The number of carboxylic acid groups (broad SMARTS) is 1. The van der Waals surface area contributed by atoms with Gasteiger partial charge in [-0.2, -0.15) is 0 Å². The van der Waals surface area contributed by atoms with Crippen LogP contribution in [0.2, 0.25) is 0 Å². The quantitative estimate of drug-likeness (QED) is 0.846. The van der Waals surface area contributed by atoms with Crippen LogP contribution in [0.1, 0.15) is 36.6 Å². The molecule has 1 heterocycles. The zero-order valence-corrected chi connectivity index (χ0v) is 11.9. The number of urea groups is 1. The van der Waals surface area contributed by atoms with Gasteiger partial charge in [0.25, 0.3) is 0 Å².